The van der Waals surface area contributed by atoms with E-state index in [2.05, 4.69) is 46.7 Å². The summed E-state index contributed by atoms with van der Waals surface area (Å²) >= 11 is 3.63. The van der Waals surface area contributed by atoms with Gasteiger partial charge in [-0.15, -0.1) is 0 Å². The molecule has 176 valence electrons. The predicted molar refractivity (Wildman–Crippen MR) is 135 cm³/mol. The predicted octanol–water partition coefficient (Wildman–Crippen LogP) is 7.12. The first-order valence-corrected chi connectivity index (χ1v) is 12.7. The molecule has 32 heavy (non-hydrogen) atoms. The lowest BCUT2D eigenvalue weighted by Crippen LogP contribution is -2.37. The Bertz CT molecular complexity index is 834. The summed E-state index contributed by atoms with van der Waals surface area (Å²) in [6, 6.07) is 8.08. The Labute approximate surface area is 202 Å². The zero-order chi connectivity index (χ0) is 23.3. The number of allylic oxidation sites excluding steroid dienone is 1. The lowest BCUT2D eigenvalue weighted by atomic mass is 9.61. The van der Waals surface area contributed by atoms with Crippen LogP contribution >= 0.6 is 15.9 Å². The van der Waals surface area contributed by atoms with Crippen molar-refractivity contribution in [2.24, 2.45) is 23.2 Å². The van der Waals surface area contributed by atoms with Crippen molar-refractivity contribution in [1.29, 1.82) is 0 Å². The number of carbonyl (C=O) groups is 1. The molecular formula is C27H38BrNO3. The Hall–Kier alpha value is -1.75. The highest BCUT2D eigenvalue weighted by atomic mass is 79.9. The Morgan fingerprint density at radius 1 is 1.31 bits per heavy atom. The van der Waals surface area contributed by atoms with Gasteiger partial charge in [-0.2, -0.15) is 0 Å². The molecule has 2 fully saturated rings. The van der Waals surface area contributed by atoms with Gasteiger partial charge in [0.05, 0.1) is 14.2 Å². The third-order valence-electron chi connectivity index (χ3n) is 7.95. The molecule has 2 aliphatic rings. The van der Waals surface area contributed by atoms with Crippen molar-refractivity contribution in [3.63, 3.8) is 0 Å². The average Bonchev–Trinajstić information content (AvgIpc) is 3.15. The van der Waals surface area contributed by atoms with Crippen LogP contribution in [0, 0.1) is 23.2 Å². The van der Waals surface area contributed by atoms with Gasteiger partial charge < -0.3 is 14.8 Å². The maximum Gasteiger partial charge on any atom is 0.333 e. The summed E-state index contributed by atoms with van der Waals surface area (Å²) in [4.78, 5) is 14.2. The summed E-state index contributed by atoms with van der Waals surface area (Å²) in [7, 11) is 3.09. The van der Waals surface area contributed by atoms with Gasteiger partial charge in [0.15, 0.2) is 0 Å². The highest BCUT2D eigenvalue weighted by Gasteiger charge is 2.50. The molecule has 1 N–H and O–H groups in total. The smallest absolute Gasteiger partial charge is 0.333 e. The van der Waals surface area contributed by atoms with E-state index in [4.69, 9.17) is 9.47 Å². The number of carbonyl (C=O) groups excluding carboxylic acids is 1. The van der Waals surface area contributed by atoms with E-state index in [1.807, 2.05) is 24.3 Å². The van der Waals surface area contributed by atoms with Gasteiger partial charge in [0.25, 0.3) is 0 Å². The number of hydrogen-bond donors (Lipinski definition) is 1. The highest BCUT2D eigenvalue weighted by molar-refractivity contribution is 9.11. The fourth-order valence-corrected chi connectivity index (χ4v) is 6.95. The number of halogens is 1. The van der Waals surface area contributed by atoms with E-state index in [-0.39, 0.29) is 12.0 Å². The second-order valence-corrected chi connectivity index (χ2v) is 10.3. The van der Waals surface area contributed by atoms with Crippen molar-refractivity contribution in [2.75, 3.05) is 19.5 Å². The molecule has 0 amide bonds. The molecule has 1 aromatic carbocycles. The zero-order valence-electron chi connectivity index (χ0n) is 20.0. The number of nitrogens with one attached hydrogen (secondary N) is 1. The molecule has 0 bridgehead atoms. The Morgan fingerprint density at radius 2 is 2.03 bits per heavy atom. The molecule has 5 atom stereocenters. The van der Waals surface area contributed by atoms with E-state index in [9.17, 15) is 4.79 Å². The molecule has 0 radical (unpaired) electrons. The van der Waals surface area contributed by atoms with Gasteiger partial charge in [0, 0.05) is 17.3 Å². The molecule has 5 heteroatoms. The quantitative estimate of drug-likeness (QED) is 0.287. The third-order valence-corrected chi connectivity index (χ3v) is 8.54. The van der Waals surface area contributed by atoms with Crippen molar-refractivity contribution >= 4 is 27.6 Å². The van der Waals surface area contributed by atoms with Crippen LogP contribution in [0.25, 0.3) is 0 Å². The molecule has 0 aromatic heterocycles. The maximum absolute atomic E-state index is 12.1. The lowest BCUT2D eigenvalue weighted by Gasteiger charge is -2.44. The van der Waals surface area contributed by atoms with Crippen molar-refractivity contribution in [2.45, 2.75) is 64.8 Å². The molecule has 2 saturated carbocycles. The van der Waals surface area contributed by atoms with Gasteiger partial charge in [-0.3, -0.25) is 0 Å². The number of ether oxygens (including phenoxy) is 2. The maximum atomic E-state index is 12.1. The summed E-state index contributed by atoms with van der Waals surface area (Å²) in [6.45, 7) is 8.90. The van der Waals surface area contributed by atoms with Crippen LogP contribution in [0.3, 0.4) is 0 Å². The van der Waals surface area contributed by atoms with Crippen LogP contribution in [0.1, 0.15) is 58.8 Å². The second-order valence-electron chi connectivity index (χ2n) is 9.86. The first-order chi connectivity index (χ1) is 15.3. The van der Waals surface area contributed by atoms with Gasteiger partial charge in [0.1, 0.15) is 5.75 Å². The van der Waals surface area contributed by atoms with Crippen molar-refractivity contribution in [3.8, 4) is 5.75 Å². The molecule has 0 aliphatic heterocycles. The Kier molecular flexibility index (Phi) is 8.49. The zero-order valence-corrected chi connectivity index (χ0v) is 21.5. The summed E-state index contributed by atoms with van der Waals surface area (Å²) < 4.78 is 10.2. The third kappa shape index (κ3) is 5.41. The van der Waals surface area contributed by atoms with Crippen LogP contribution < -0.4 is 10.1 Å². The highest BCUT2D eigenvalue weighted by Crippen LogP contribution is 2.60. The molecule has 2 unspecified atom stereocenters. The number of fused-ring (bicyclic) bond motifs is 1. The minimum absolute atomic E-state index is 0.113. The van der Waals surface area contributed by atoms with Crippen molar-refractivity contribution in [3.05, 3.63) is 47.0 Å². The molecule has 3 rings (SSSR count). The molecule has 0 spiro atoms. The van der Waals surface area contributed by atoms with E-state index in [1.54, 1.807) is 12.7 Å². The van der Waals surface area contributed by atoms with Gasteiger partial charge in [-0.25, -0.2) is 4.79 Å². The number of anilines is 1. The van der Waals surface area contributed by atoms with Crippen LogP contribution in [0.5, 0.6) is 5.75 Å². The van der Waals surface area contributed by atoms with E-state index in [1.165, 1.54) is 39.2 Å². The summed E-state index contributed by atoms with van der Waals surface area (Å²) in [5.41, 5.74) is 3.50. The van der Waals surface area contributed by atoms with Gasteiger partial charge in [-0.1, -0.05) is 41.9 Å². The van der Waals surface area contributed by atoms with Gasteiger partial charge in [0.2, 0.25) is 0 Å². The van der Waals surface area contributed by atoms with Crippen molar-refractivity contribution < 1.29 is 14.3 Å². The minimum Gasteiger partial charge on any atom is -0.497 e. The molecule has 1 aromatic rings. The van der Waals surface area contributed by atoms with Crippen LogP contribution in [-0.4, -0.2) is 26.2 Å². The Balaban J connectivity index is 1.75. The normalized spacial score (nSPS) is 28.0. The van der Waals surface area contributed by atoms with E-state index >= 15 is 0 Å². The van der Waals surface area contributed by atoms with E-state index in [0.29, 0.717) is 35.2 Å². The van der Waals surface area contributed by atoms with Crippen molar-refractivity contribution in [1.82, 2.24) is 0 Å². The topological polar surface area (TPSA) is 47.6 Å². The summed E-state index contributed by atoms with van der Waals surface area (Å²) in [5.74, 6) is 2.42. The minimum atomic E-state index is -0.327. The Morgan fingerprint density at radius 3 is 2.66 bits per heavy atom. The standard InChI is InChI=1S/C27H38BrNO3/c1-18(24-12-13-25-20(17-28)7-6-14-27(24,25)3)15-22(16-19(2)26(30)32-5)29-21-8-10-23(31-4)11-9-21/h8-11,17-18,22,24-25,29H,2,6-7,12-16H2,1,3-5H3/t18-,22?,24-,25?,27-/m1/s1. The molecular weight excluding hydrogens is 466 g/mol. The first-order valence-electron chi connectivity index (χ1n) is 11.8. The summed E-state index contributed by atoms with van der Waals surface area (Å²) in [6.07, 6.45) is 7.94. The lowest BCUT2D eigenvalue weighted by molar-refractivity contribution is -0.136. The number of rotatable bonds is 9. The van der Waals surface area contributed by atoms with Gasteiger partial charge >= 0.3 is 5.97 Å². The monoisotopic (exact) mass is 503 g/mol. The van der Waals surface area contributed by atoms with Crippen LogP contribution in [0.15, 0.2) is 47.0 Å². The number of esters is 1. The van der Waals surface area contributed by atoms with Crippen LogP contribution in [0.4, 0.5) is 5.69 Å². The van der Waals surface area contributed by atoms with Crippen LogP contribution in [-0.2, 0) is 9.53 Å². The number of hydrogen-bond acceptors (Lipinski definition) is 4. The SMILES string of the molecule is C=C(CC(C[C@@H](C)[C@H]1CCC2C(=CBr)CCC[C@@]21C)Nc1ccc(OC)cc1)C(=O)OC. The second kappa shape index (κ2) is 10.9. The fraction of sp³-hybridized carbons (Fsp3) is 0.593. The molecule has 0 heterocycles. The largest absolute Gasteiger partial charge is 0.497 e. The van der Waals surface area contributed by atoms with E-state index < -0.39 is 0 Å². The first kappa shape index (κ1) is 24.9. The number of methoxy groups -OCH3 is 2. The van der Waals surface area contributed by atoms with E-state index in [0.717, 1.165) is 17.9 Å². The fourth-order valence-electron chi connectivity index (χ4n) is 6.40. The number of benzene rings is 1. The average molecular weight is 505 g/mol. The molecule has 2 aliphatic carbocycles. The molecule has 0 saturated heterocycles. The molecule has 4 nitrogen and oxygen atoms in total. The summed E-state index contributed by atoms with van der Waals surface area (Å²) in [5, 5.41) is 3.66. The van der Waals surface area contributed by atoms with Gasteiger partial charge in [-0.05, 0) is 97.4 Å². The van der Waals surface area contributed by atoms with Crippen LogP contribution in [0.2, 0.25) is 0 Å².